The van der Waals surface area contributed by atoms with Crippen LogP contribution in [0, 0.1) is 0 Å². The molecular formula is C21H26N6O15P2. The number of carbonyl (C=O) groups excluding carboxylic acids is 2. The summed E-state index contributed by atoms with van der Waals surface area (Å²) < 4.78 is 46.6. The van der Waals surface area contributed by atoms with Crippen LogP contribution in [0.3, 0.4) is 0 Å². The zero-order valence-electron chi connectivity index (χ0n) is 22.0. The van der Waals surface area contributed by atoms with E-state index >= 15 is 0 Å². The molecule has 2 amide bonds. The molecule has 21 nitrogen and oxygen atoms in total. The number of pyridine rings is 1. The molecular weight excluding hydrogens is 638 g/mol. The summed E-state index contributed by atoms with van der Waals surface area (Å²) in [7, 11) is -11.3. The molecule has 12 atom stereocenters. The molecule has 1 aromatic heterocycles. The maximum absolute atomic E-state index is 13.3. The topological polar surface area (TPSA) is 320 Å². The number of nitrogens with two attached hydrogens (primary N) is 1. The molecule has 44 heavy (non-hydrogen) atoms. The van der Waals surface area contributed by atoms with Crippen molar-refractivity contribution < 1.29 is 76.9 Å². The highest BCUT2D eigenvalue weighted by Gasteiger charge is 2.57. The number of amides is 2. The Bertz CT molecular complexity index is 1500. The third-order valence-corrected chi connectivity index (χ3v) is 9.23. The van der Waals surface area contributed by atoms with Crippen molar-refractivity contribution in [1.29, 1.82) is 0 Å². The Kier molecular flexibility index (Phi) is 8.97. The van der Waals surface area contributed by atoms with E-state index in [9.17, 15) is 53.8 Å². The average molecular weight is 664 g/mol. The summed E-state index contributed by atoms with van der Waals surface area (Å²) in [6, 6.07) is 1.59. The molecule has 23 heteroatoms. The molecule has 0 aromatic carbocycles. The first kappa shape index (κ1) is 32.5. The predicted octanol–water partition coefficient (Wildman–Crippen LogP) is -5.18. The Morgan fingerprint density at radius 3 is 2.57 bits per heavy atom. The zero-order chi connectivity index (χ0) is 32.1. The number of amidine groups is 1. The molecule has 0 bridgehead atoms. The lowest BCUT2D eigenvalue weighted by Gasteiger charge is -2.32. The Labute approximate surface area is 246 Å². The van der Waals surface area contributed by atoms with Gasteiger partial charge in [-0.15, -0.1) is 0 Å². The van der Waals surface area contributed by atoms with Crippen molar-refractivity contribution in [3.8, 4) is 0 Å². The Hall–Kier alpha value is -2.88. The van der Waals surface area contributed by atoms with E-state index in [1.807, 2.05) is 0 Å². The lowest BCUT2D eigenvalue weighted by Crippen LogP contribution is -2.48. The number of hydrogen-bond acceptors (Lipinski definition) is 16. The first-order valence-corrected chi connectivity index (χ1v) is 15.7. The molecule has 0 aliphatic carbocycles. The first-order chi connectivity index (χ1) is 20.6. The van der Waals surface area contributed by atoms with E-state index in [1.54, 1.807) is 0 Å². The van der Waals surface area contributed by atoms with Gasteiger partial charge < -0.3 is 54.8 Å². The first-order valence-electron chi connectivity index (χ1n) is 12.6. The van der Waals surface area contributed by atoms with Crippen molar-refractivity contribution in [2.75, 3.05) is 6.61 Å². The summed E-state index contributed by atoms with van der Waals surface area (Å²) in [6.45, 7) is -0.986. The highest BCUT2D eigenvalue weighted by molar-refractivity contribution is 7.54. The van der Waals surface area contributed by atoms with Crippen molar-refractivity contribution in [2.45, 2.75) is 61.0 Å². The van der Waals surface area contributed by atoms with Gasteiger partial charge in [-0.25, -0.2) is 4.99 Å². The van der Waals surface area contributed by atoms with E-state index in [0.717, 1.165) is 17.6 Å². The molecule has 0 spiro atoms. The standard InChI is InChI=1S/C21H26N6O15P2/c22-16(32)8-2-1-3-26(4-8)19-13(30)11(28)9(40-19)5-39-43(34,35)21(42-44(36,37)38)15-12(29)14(31)20(41-15)27-7-25-10-17(27)23-6-24-18(10)33/h1-4,6-7,9-15,19-21,28-31H,5H2,(H4-,22,32,34,35,36,37,38). The number of aliphatic hydroxyl groups is 4. The van der Waals surface area contributed by atoms with Crippen LogP contribution >= 0.6 is 15.4 Å². The molecule has 240 valence electrons. The fourth-order valence-electron chi connectivity index (χ4n) is 4.88. The van der Waals surface area contributed by atoms with Gasteiger partial charge in [0.25, 0.3) is 25.9 Å². The van der Waals surface area contributed by atoms with Crippen LogP contribution < -0.4 is 15.2 Å². The van der Waals surface area contributed by atoms with Crippen LogP contribution in [0.4, 0.5) is 0 Å². The molecule has 2 saturated heterocycles. The fourth-order valence-corrected chi connectivity index (χ4v) is 7.24. The van der Waals surface area contributed by atoms with Gasteiger partial charge in [0.1, 0.15) is 48.3 Å². The van der Waals surface area contributed by atoms with Gasteiger partial charge in [-0.1, -0.05) is 0 Å². The van der Waals surface area contributed by atoms with Gasteiger partial charge in [0.05, 0.1) is 12.9 Å². The number of aliphatic hydroxyl groups excluding tert-OH is 4. The van der Waals surface area contributed by atoms with Gasteiger partial charge in [0.2, 0.25) is 0 Å². The van der Waals surface area contributed by atoms with E-state index in [1.165, 1.54) is 29.1 Å². The van der Waals surface area contributed by atoms with Crippen molar-refractivity contribution in [1.82, 2.24) is 4.90 Å². The second-order valence-electron chi connectivity index (χ2n) is 9.89. The molecule has 0 radical (unpaired) electrons. The van der Waals surface area contributed by atoms with Crippen LogP contribution in [0.2, 0.25) is 0 Å². The number of aliphatic imine (C=N–C) groups is 3. The van der Waals surface area contributed by atoms with E-state index < -0.39 is 94.8 Å². The van der Waals surface area contributed by atoms with Crippen LogP contribution in [0.1, 0.15) is 16.6 Å². The van der Waals surface area contributed by atoms with Crippen molar-refractivity contribution in [3.63, 3.8) is 0 Å². The van der Waals surface area contributed by atoms with Gasteiger partial charge in [-0.3, -0.25) is 33.1 Å². The third kappa shape index (κ3) is 6.28. The van der Waals surface area contributed by atoms with Gasteiger partial charge in [0, 0.05) is 6.07 Å². The van der Waals surface area contributed by atoms with Gasteiger partial charge in [0.15, 0.2) is 36.6 Å². The molecule has 0 saturated carbocycles. The molecule has 4 aliphatic heterocycles. The van der Waals surface area contributed by atoms with Crippen molar-refractivity contribution in [3.05, 3.63) is 30.1 Å². The van der Waals surface area contributed by atoms with Gasteiger partial charge >= 0.3 is 7.60 Å². The second kappa shape index (κ2) is 12.1. The Balaban J connectivity index is 1.33. The maximum Gasteiger partial charge on any atom is 0.360 e. The van der Waals surface area contributed by atoms with Crippen LogP contribution in [0.5, 0.6) is 0 Å². The van der Waals surface area contributed by atoms with E-state index in [-0.39, 0.29) is 11.4 Å². The van der Waals surface area contributed by atoms with Gasteiger partial charge in [-0.2, -0.15) is 9.56 Å². The largest absolute Gasteiger partial charge is 0.756 e. The zero-order valence-corrected chi connectivity index (χ0v) is 23.8. The number of carbonyl (C=O) groups is 2. The Morgan fingerprint density at radius 2 is 1.89 bits per heavy atom. The second-order valence-corrected chi connectivity index (χ2v) is 12.9. The Morgan fingerprint density at radius 1 is 1.16 bits per heavy atom. The lowest BCUT2D eigenvalue weighted by molar-refractivity contribution is -0.765. The average Bonchev–Trinajstić information content (AvgIpc) is 3.60. The summed E-state index contributed by atoms with van der Waals surface area (Å²) in [4.78, 5) is 67.5. The number of phosphoric acid groups is 1. The molecule has 12 unspecified atom stereocenters. The van der Waals surface area contributed by atoms with Crippen LogP contribution in [-0.4, -0.2) is 127 Å². The summed E-state index contributed by atoms with van der Waals surface area (Å²) >= 11 is 0. The van der Waals surface area contributed by atoms with Crippen LogP contribution in [0.15, 0.2) is 39.5 Å². The number of hydrogen-bond donors (Lipinski definition) is 7. The van der Waals surface area contributed by atoms with Crippen molar-refractivity contribution >= 4 is 45.7 Å². The van der Waals surface area contributed by atoms with E-state index in [2.05, 4.69) is 19.5 Å². The lowest BCUT2D eigenvalue weighted by atomic mass is 10.1. The summed E-state index contributed by atoms with van der Waals surface area (Å²) in [5.41, 5.74) is 5.29. The number of primary amides is 1. The number of nitrogens with zero attached hydrogens (tertiary/aromatic N) is 5. The molecule has 5 heterocycles. The normalized spacial score (nSPS) is 36.5. The number of rotatable bonds is 10. The smallest absolute Gasteiger partial charge is 0.360 e. The number of fused-ring (bicyclic) bond motifs is 1. The fraction of sp³-hybridized carbons (Fsp3) is 0.524. The monoisotopic (exact) mass is 664 g/mol. The summed E-state index contributed by atoms with van der Waals surface area (Å²) in [5.74, 6) is -4.28. The van der Waals surface area contributed by atoms with E-state index in [0.29, 0.717) is 0 Å². The number of ether oxygens (including phenoxy) is 2. The highest BCUT2D eigenvalue weighted by atomic mass is 31.2. The molecule has 1 aromatic rings. The number of phosphoric ester groups is 1. The van der Waals surface area contributed by atoms with Gasteiger partial charge in [-0.05, 0) is 6.07 Å². The van der Waals surface area contributed by atoms with Crippen LogP contribution in [0.25, 0.3) is 0 Å². The van der Waals surface area contributed by atoms with Crippen LogP contribution in [-0.2, 0) is 32.4 Å². The molecule has 4 aliphatic rings. The molecule has 5 rings (SSSR count). The van der Waals surface area contributed by atoms with E-state index in [4.69, 9.17) is 19.7 Å². The van der Waals surface area contributed by atoms with Crippen molar-refractivity contribution in [2.24, 2.45) is 20.7 Å². The SMILES string of the molecule is NC(=O)c1ccc[n+](C2OC(COP(=O)(O)C(OP(=O)([O-])O)C3OC(N4C=NC5C(=O)N=CN=C54)C(O)C3O)C(O)C2O)c1. The third-order valence-electron chi connectivity index (χ3n) is 7.01. The summed E-state index contributed by atoms with van der Waals surface area (Å²) in [6.07, 6.45) is -9.63. The minimum absolute atomic E-state index is 0.0324. The molecule has 8 N–H and O–H groups in total. The summed E-state index contributed by atoms with van der Waals surface area (Å²) in [5, 5.41) is 42.4. The number of aromatic nitrogens is 1. The maximum atomic E-state index is 13.3. The highest BCUT2D eigenvalue weighted by Crippen LogP contribution is 2.56. The minimum Gasteiger partial charge on any atom is -0.756 e. The quantitative estimate of drug-likeness (QED) is 0.0908. The predicted molar refractivity (Wildman–Crippen MR) is 137 cm³/mol. The molecule has 2 fully saturated rings. The minimum atomic E-state index is -5.85.